The van der Waals surface area contributed by atoms with Gasteiger partial charge in [0.05, 0.1) is 18.2 Å². The lowest BCUT2D eigenvalue weighted by Crippen LogP contribution is -2.15. The van der Waals surface area contributed by atoms with E-state index in [0.717, 1.165) is 54.5 Å². The third-order valence-corrected chi connectivity index (χ3v) is 8.82. The van der Waals surface area contributed by atoms with E-state index in [0.29, 0.717) is 32.5 Å². The maximum atomic E-state index is 12.9. The summed E-state index contributed by atoms with van der Waals surface area (Å²) in [6.07, 6.45) is 6.16. The van der Waals surface area contributed by atoms with Gasteiger partial charge in [0.25, 0.3) is 0 Å². The average molecular weight is 560 g/mol. The maximum absolute atomic E-state index is 12.9. The second-order valence-electron chi connectivity index (χ2n) is 9.28. The number of anilines is 2. The maximum Gasteiger partial charge on any atom is 0.341 e. The zero-order chi connectivity index (χ0) is 27.9. The van der Waals surface area contributed by atoms with Crippen LogP contribution in [0.5, 0.6) is 0 Å². The highest BCUT2D eigenvalue weighted by Gasteiger charge is 2.26. The molecule has 39 heavy (non-hydrogen) atoms. The second-order valence-corrected chi connectivity index (χ2v) is 11.5. The second kappa shape index (κ2) is 12.8. The van der Waals surface area contributed by atoms with Crippen LogP contribution in [0.25, 0.3) is 11.1 Å². The molecule has 3 N–H and O–H groups in total. The minimum absolute atomic E-state index is 0.0396. The van der Waals surface area contributed by atoms with Gasteiger partial charge in [0.1, 0.15) is 33.5 Å². The van der Waals surface area contributed by atoms with Crippen molar-refractivity contribution in [2.75, 3.05) is 23.9 Å². The van der Waals surface area contributed by atoms with E-state index in [9.17, 15) is 20.1 Å². The van der Waals surface area contributed by atoms with Crippen molar-refractivity contribution in [3.63, 3.8) is 0 Å². The van der Waals surface area contributed by atoms with Gasteiger partial charge < -0.3 is 15.8 Å². The van der Waals surface area contributed by atoms with E-state index in [-0.39, 0.29) is 29.3 Å². The van der Waals surface area contributed by atoms with Crippen LogP contribution in [0, 0.1) is 29.6 Å². The third-order valence-electron chi connectivity index (χ3n) is 6.64. The number of rotatable bonds is 7. The van der Waals surface area contributed by atoms with Gasteiger partial charge in [0, 0.05) is 22.6 Å². The summed E-state index contributed by atoms with van der Waals surface area (Å²) in [4.78, 5) is 31.0. The summed E-state index contributed by atoms with van der Waals surface area (Å²) in [6.45, 7) is 1.95. The number of nitrogens with two attached hydrogens (primary N) is 1. The summed E-state index contributed by atoms with van der Waals surface area (Å²) in [5.74, 6) is -0.319. The van der Waals surface area contributed by atoms with Crippen LogP contribution < -0.4 is 11.1 Å². The normalized spacial score (nSPS) is 12.8. The standard InChI is InChI=1S/C29H29N5O3S2/c1-17-9-11-18(12-10-17)24-20(15-30)26(32)34-27(21(24)16-31)38-14-13-23(35)33-28-25(29(36)37-2)19-7-5-3-4-6-8-22(19)39-28/h9-12H,3-8,13-14H2,1-2H3,(H2,32,34)(H,33,35). The first-order chi connectivity index (χ1) is 18.9. The number of nitrogens with one attached hydrogen (secondary N) is 1. The Bertz CT molecular complexity index is 1480. The number of carbonyl (C=O) groups is 2. The number of thioether (sulfide) groups is 1. The number of ether oxygens (including phenoxy) is 1. The van der Waals surface area contributed by atoms with Crippen LogP contribution in [0.15, 0.2) is 29.3 Å². The van der Waals surface area contributed by atoms with Crippen molar-refractivity contribution in [3.05, 3.63) is 57.0 Å². The molecular weight excluding hydrogens is 530 g/mol. The predicted molar refractivity (Wildman–Crippen MR) is 154 cm³/mol. The molecule has 0 fully saturated rings. The van der Waals surface area contributed by atoms with Crippen molar-refractivity contribution in [1.29, 1.82) is 10.5 Å². The minimum Gasteiger partial charge on any atom is -0.465 e. The zero-order valence-electron chi connectivity index (χ0n) is 21.9. The predicted octanol–water partition coefficient (Wildman–Crippen LogP) is 6.01. The molecule has 1 amide bonds. The molecule has 3 aromatic rings. The molecule has 0 saturated carbocycles. The summed E-state index contributed by atoms with van der Waals surface area (Å²) >= 11 is 2.69. The molecule has 1 aromatic carbocycles. The first-order valence-electron chi connectivity index (χ1n) is 12.7. The van der Waals surface area contributed by atoms with E-state index in [1.165, 1.54) is 30.2 Å². The first kappa shape index (κ1) is 28.2. The number of methoxy groups -OCH3 is 1. The molecule has 2 aromatic heterocycles. The Balaban J connectivity index is 1.53. The molecule has 0 bridgehead atoms. The van der Waals surface area contributed by atoms with Gasteiger partial charge in [-0.2, -0.15) is 10.5 Å². The zero-order valence-corrected chi connectivity index (χ0v) is 23.6. The van der Waals surface area contributed by atoms with Crippen LogP contribution >= 0.6 is 23.1 Å². The van der Waals surface area contributed by atoms with E-state index in [4.69, 9.17) is 10.5 Å². The summed E-state index contributed by atoms with van der Waals surface area (Å²) in [5.41, 5.74) is 10.2. The number of hydrogen-bond acceptors (Lipinski definition) is 9. The van der Waals surface area contributed by atoms with E-state index >= 15 is 0 Å². The molecule has 200 valence electrons. The van der Waals surface area contributed by atoms with Crippen molar-refractivity contribution >= 4 is 45.8 Å². The van der Waals surface area contributed by atoms with Gasteiger partial charge in [-0.15, -0.1) is 23.1 Å². The average Bonchev–Trinajstić information content (AvgIpc) is 3.23. The monoisotopic (exact) mass is 559 g/mol. The van der Waals surface area contributed by atoms with Crippen LogP contribution in [0.2, 0.25) is 0 Å². The quantitative estimate of drug-likeness (QED) is 0.265. The largest absolute Gasteiger partial charge is 0.465 e. The minimum atomic E-state index is -0.433. The van der Waals surface area contributed by atoms with E-state index in [1.54, 1.807) is 0 Å². The van der Waals surface area contributed by atoms with Gasteiger partial charge in [-0.1, -0.05) is 42.7 Å². The Hall–Kier alpha value is -3.86. The van der Waals surface area contributed by atoms with Crippen LogP contribution in [0.3, 0.4) is 0 Å². The summed E-state index contributed by atoms with van der Waals surface area (Å²) < 4.78 is 5.04. The summed E-state index contributed by atoms with van der Waals surface area (Å²) in [5, 5.41) is 23.5. The lowest BCUT2D eigenvalue weighted by molar-refractivity contribution is -0.115. The van der Waals surface area contributed by atoms with Gasteiger partial charge in [-0.3, -0.25) is 4.79 Å². The van der Waals surface area contributed by atoms with Crippen molar-refractivity contribution in [2.45, 2.75) is 56.9 Å². The Morgan fingerprint density at radius 2 is 1.79 bits per heavy atom. The van der Waals surface area contributed by atoms with Gasteiger partial charge in [-0.05, 0) is 43.7 Å². The van der Waals surface area contributed by atoms with Crippen LogP contribution in [-0.4, -0.2) is 29.7 Å². The number of thiophene rings is 1. The van der Waals surface area contributed by atoms with Crippen molar-refractivity contribution in [1.82, 2.24) is 4.98 Å². The lowest BCUT2D eigenvalue weighted by Gasteiger charge is -2.13. The number of pyridine rings is 1. The van der Waals surface area contributed by atoms with Crippen molar-refractivity contribution in [2.24, 2.45) is 0 Å². The molecule has 0 aliphatic heterocycles. The Morgan fingerprint density at radius 3 is 2.46 bits per heavy atom. The number of esters is 1. The summed E-state index contributed by atoms with van der Waals surface area (Å²) in [7, 11) is 1.35. The van der Waals surface area contributed by atoms with Crippen molar-refractivity contribution in [3.8, 4) is 23.3 Å². The molecule has 0 saturated heterocycles. The number of aromatic nitrogens is 1. The fourth-order valence-corrected chi connectivity index (χ4v) is 6.90. The fraction of sp³-hybridized carbons (Fsp3) is 0.345. The van der Waals surface area contributed by atoms with Gasteiger partial charge in [-0.25, -0.2) is 9.78 Å². The van der Waals surface area contributed by atoms with Gasteiger partial charge in [0.2, 0.25) is 5.91 Å². The third kappa shape index (κ3) is 6.25. The Morgan fingerprint density at radius 1 is 1.10 bits per heavy atom. The van der Waals surface area contributed by atoms with E-state index < -0.39 is 5.97 Å². The highest BCUT2D eigenvalue weighted by molar-refractivity contribution is 7.99. The highest BCUT2D eigenvalue weighted by Crippen LogP contribution is 2.38. The first-order valence-corrected chi connectivity index (χ1v) is 14.5. The Labute approximate surface area is 236 Å². The van der Waals surface area contributed by atoms with Crippen molar-refractivity contribution < 1.29 is 14.3 Å². The van der Waals surface area contributed by atoms with Gasteiger partial charge >= 0.3 is 5.97 Å². The number of hydrogen-bond donors (Lipinski definition) is 2. The fourth-order valence-electron chi connectivity index (χ4n) is 4.67. The molecule has 0 atom stereocenters. The highest BCUT2D eigenvalue weighted by atomic mass is 32.2. The van der Waals surface area contributed by atoms with Crippen LogP contribution in [0.1, 0.15) is 69.6 Å². The molecule has 1 aliphatic rings. The number of carbonyl (C=O) groups excluding carboxylic acids is 2. The van der Waals surface area contributed by atoms with E-state index in [1.807, 2.05) is 31.2 Å². The van der Waals surface area contributed by atoms with E-state index in [2.05, 4.69) is 22.4 Å². The number of benzene rings is 1. The lowest BCUT2D eigenvalue weighted by atomic mass is 9.96. The molecular formula is C29H29N5O3S2. The van der Waals surface area contributed by atoms with Crippen LogP contribution in [0.4, 0.5) is 10.8 Å². The number of nitrogens with zero attached hydrogens (tertiary/aromatic N) is 3. The molecule has 0 radical (unpaired) electrons. The topological polar surface area (TPSA) is 142 Å². The molecule has 1 aliphatic carbocycles. The number of nitriles is 2. The number of aryl methyl sites for hydroxylation is 2. The summed E-state index contributed by atoms with van der Waals surface area (Å²) in [6, 6.07) is 11.8. The van der Waals surface area contributed by atoms with Gasteiger partial charge in [0.15, 0.2) is 0 Å². The molecule has 4 rings (SSSR count). The molecule has 10 heteroatoms. The van der Waals surface area contributed by atoms with Crippen LogP contribution in [-0.2, 0) is 22.4 Å². The molecule has 2 heterocycles. The molecule has 0 spiro atoms. The molecule has 0 unspecified atom stereocenters. The number of nitrogen functional groups attached to an aromatic ring is 1. The number of fused-ring (bicyclic) bond motifs is 1. The smallest absolute Gasteiger partial charge is 0.341 e. The SMILES string of the molecule is COC(=O)c1c(NC(=O)CCSc2nc(N)c(C#N)c(-c3ccc(C)cc3)c2C#N)sc2c1CCCCCC2. The number of amides is 1. The Kier molecular flexibility index (Phi) is 9.23. The molecule has 8 nitrogen and oxygen atoms in total.